The van der Waals surface area contributed by atoms with Gasteiger partial charge in [0.1, 0.15) is 0 Å². The second kappa shape index (κ2) is 3.75. The molecule has 0 saturated carbocycles. The fraction of sp³-hybridized carbons (Fsp3) is 0.333. The highest BCUT2D eigenvalue weighted by molar-refractivity contribution is 5.63. The first-order valence-corrected chi connectivity index (χ1v) is 4.81. The molecule has 0 amide bonds. The van der Waals surface area contributed by atoms with Gasteiger partial charge in [-0.05, 0) is 18.1 Å². The molecule has 1 heteroatoms. The summed E-state index contributed by atoms with van der Waals surface area (Å²) < 4.78 is 0. The molecule has 0 bridgehead atoms. The van der Waals surface area contributed by atoms with Gasteiger partial charge in [0, 0.05) is 19.6 Å². The van der Waals surface area contributed by atoms with Crippen LogP contribution in [0.15, 0.2) is 36.4 Å². The number of nitrogens with zero attached hydrogens (tertiary/aromatic N) is 1. The minimum Gasteiger partial charge on any atom is -0.297 e. The van der Waals surface area contributed by atoms with E-state index in [1.54, 1.807) is 0 Å². The molecule has 0 unspecified atom stereocenters. The van der Waals surface area contributed by atoms with Gasteiger partial charge < -0.3 is 0 Å². The lowest BCUT2D eigenvalue weighted by Gasteiger charge is -2.01. The molecule has 1 nitrogen and oxygen atoms in total. The Bertz CT molecular complexity index is 296. The van der Waals surface area contributed by atoms with Gasteiger partial charge in [0.25, 0.3) is 0 Å². The van der Waals surface area contributed by atoms with Crippen LogP contribution in [-0.4, -0.2) is 24.5 Å². The molecule has 13 heavy (non-hydrogen) atoms. The van der Waals surface area contributed by atoms with Crippen LogP contribution in [0.2, 0.25) is 0 Å². The molecule has 0 spiro atoms. The Balaban J connectivity index is 2.02. The molecule has 68 valence electrons. The lowest BCUT2D eigenvalue weighted by atomic mass is 10.1. The zero-order valence-electron chi connectivity index (χ0n) is 8.03. The van der Waals surface area contributed by atoms with Crippen LogP contribution < -0.4 is 0 Å². The van der Waals surface area contributed by atoms with Crippen molar-refractivity contribution in [1.29, 1.82) is 0 Å². The van der Waals surface area contributed by atoms with Crippen LogP contribution in [0.4, 0.5) is 0 Å². The second-order valence-corrected chi connectivity index (χ2v) is 3.55. The molecule has 1 aliphatic heterocycles. The topological polar surface area (TPSA) is 3.01 Å². The molecule has 1 aliphatic rings. The van der Waals surface area contributed by atoms with E-state index >= 15 is 0 Å². The van der Waals surface area contributed by atoms with Crippen molar-refractivity contribution >= 4 is 5.57 Å². The summed E-state index contributed by atoms with van der Waals surface area (Å²) in [4.78, 5) is 2.41. The first-order valence-electron chi connectivity index (χ1n) is 4.81. The molecule has 0 N–H and O–H groups in total. The zero-order valence-corrected chi connectivity index (χ0v) is 8.03. The van der Waals surface area contributed by atoms with E-state index in [0.29, 0.717) is 0 Å². The molecule has 1 aromatic rings. The smallest absolute Gasteiger partial charge is 0.0170 e. The Kier molecular flexibility index (Phi) is 2.46. The Morgan fingerprint density at radius 3 is 2.62 bits per heavy atom. The fourth-order valence-electron chi connectivity index (χ4n) is 1.34. The molecule has 1 heterocycles. The quantitative estimate of drug-likeness (QED) is 0.634. The van der Waals surface area contributed by atoms with Crippen molar-refractivity contribution in [2.75, 3.05) is 19.6 Å². The summed E-state index contributed by atoms with van der Waals surface area (Å²) in [6.45, 7) is 5.84. The standard InChI is InChI=1S/C12H15N/c1-11(7-8-13-9-10-13)12-5-3-2-4-6-12/h2-7H,8-10H2,1H3. The Hall–Kier alpha value is -1.08. The Labute approximate surface area is 79.7 Å². The molecular weight excluding hydrogens is 158 g/mol. The van der Waals surface area contributed by atoms with E-state index in [2.05, 4.69) is 48.2 Å². The van der Waals surface area contributed by atoms with Gasteiger partial charge >= 0.3 is 0 Å². The van der Waals surface area contributed by atoms with Gasteiger partial charge in [-0.2, -0.15) is 0 Å². The lowest BCUT2D eigenvalue weighted by molar-refractivity contribution is 0.629. The number of allylic oxidation sites excluding steroid dienone is 1. The van der Waals surface area contributed by atoms with Crippen molar-refractivity contribution in [2.24, 2.45) is 0 Å². The Morgan fingerprint density at radius 2 is 2.00 bits per heavy atom. The first-order chi connectivity index (χ1) is 6.36. The summed E-state index contributed by atoms with van der Waals surface area (Å²) in [6, 6.07) is 10.6. The third-order valence-electron chi connectivity index (χ3n) is 2.42. The third-order valence-corrected chi connectivity index (χ3v) is 2.42. The van der Waals surface area contributed by atoms with Crippen molar-refractivity contribution in [3.8, 4) is 0 Å². The molecule has 0 radical (unpaired) electrons. The molecule has 1 fully saturated rings. The van der Waals surface area contributed by atoms with Crippen LogP contribution >= 0.6 is 0 Å². The van der Waals surface area contributed by atoms with Gasteiger partial charge in [-0.3, -0.25) is 4.90 Å². The van der Waals surface area contributed by atoms with E-state index in [1.165, 1.54) is 24.2 Å². The average Bonchev–Trinajstić information content (AvgIpc) is 2.99. The summed E-state index contributed by atoms with van der Waals surface area (Å²) in [5.41, 5.74) is 2.72. The fourth-order valence-corrected chi connectivity index (χ4v) is 1.34. The Morgan fingerprint density at radius 1 is 1.31 bits per heavy atom. The van der Waals surface area contributed by atoms with Crippen LogP contribution in [0.25, 0.3) is 5.57 Å². The molecule has 1 saturated heterocycles. The van der Waals surface area contributed by atoms with E-state index < -0.39 is 0 Å². The maximum atomic E-state index is 2.41. The zero-order chi connectivity index (χ0) is 9.10. The number of hydrogen-bond donors (Lipinski definition) is 0. The maximum absolute atomic E-state index is 2.41. The minimum absolute atomic E-state index is 1.11. The van der Waals surface area contributed by atoms with Crippen molar-refractivity contribution < 1.29 is 0 Å². The van der Waals surface area contributed by atoms with E-state index in [1.807, 2.05) is 0 Å². The third kappa shape index (κ3) is 2.43. The molecular formula is C12H15N. The largest absolute Gasteiger partial charge is 0.297 e. The number of hydrogen-bond acceptors (Lipinski definition) is 1. The summed E-state index contributed by atoms with van der Waals surface area (Å²) >= 11 is 0. The van der Waals surface area contributed by atoms with Crippen molar-refractivity contribution in [1.82, 2.24) is 4.90 Å². The van der Waals surface area contributed by atoms with E-state index in [9.17, 15) is 0 Å². The molecule has 2 rings (SSSR count). The molecule has 0 aromatic heterocycles. The summed E-state index contributed by atoms with van der Waals surface area (Å²) in [5, 5.41) is 0. The molecule has 1 aromatic carbocycles. The van der Waals surface area contributed by atoms with Crippen LogP contribution in [-0.2, 0) is 0 Å². The van der Waals surface area contributed by atoms with Crippen molar-refractivity contribution in [2.45, 2.75) is 6.92 Å². The van der Waals surface area contributed by atoms with Crippen LogP contribution in [0, 0.1) is 0 Å². The highest BCUT2D eigenvalue weighted by atomic mass is 15.2. The van der Waals surface area contributed by atoms with Gasteiger partial charge in [0.15, 0.2) is 0 Å². The number of rotatable bonds is 3. The summed E-state index contributed by atoms with van der Waals surface area (Å²) in [6.07, 6.45) is 2.31. The maximum Gasteiger partial charge on any atom is 0.0170 e. The lowest BCUT2D eigenvalue weighted by Crippen LogP contribution is -1.95. The normalized spacial score (nSPS) is 17.5. The minimum atomic E-state index is 1.11. The molecule has 0 atom stereocenters. The highest BCUT2D eigenvalue weighted by Gasteiger charge is 2.14. The summed E-state index contributed by atoms with van der Waals surface area (Å²) in [5.74, 6) is 0. The second-order valence-electron chi connectivity index (χ2n) is 3.55. The van der Waals surface area contributed by atoms with E-state index in [-0.39, 0.29) is 0 Å². The van der Waals surface area contributed by atoms with Crippen LogP contribution in [0.1, 0.15) is 12.5 Å². The van der Waals surface area contributed by atoms with Gasteiger partial charge in [0.2, 0.25) is 0 Å². The van der Waals surface area contributed by atoms with Gasteiger partial charge in [-0.15, -0.1) is 0 Å². The predicted molar refractivity (Wildman–Crippen MR) is 56.5 cm³/mol. The molecule has 0 aliphatic carbocycles. The van der Waals surface area contributed by atoms with Crippen molar-refractivity contribution in [3.63, 3.8) is 0 Å². The average molecular weight is 173 g/mol. The van der Waals surface area contributed by atoms with Crippen LogP contribution in [0.5, 0.6) is 0 Å². The van der Waals surface area contributed by atoms with Gasteiger partial charge in [-0.1, -0.05) is 36.4 Å². The van der Waals surface area contributed by atoms with Crippen molar-refractivity contribution in [3.05, 3.63) is 42.0 Å². The van der Waals surface area contributed by atoms with Gasteiger partial charge in [-0.25, -0.2) is 0 Å². The monoisotopic (exact) mass is 173 g/mol. The summed E-state index contributed by atoms with van der Waals surface area (Å²) in [7, 11) is 0. The van der Waals surface area contributed by atoms with E-state index in [4.69, 9.17) is 0 Å². The van der Waals surface area contributed by atoms with Gasteiger partial charge in [0.05, 0.1) is 0 Å². The van der Waals surface area contributed by atoms with Crippen LogP contribution in [0.3, 0.4) is 0 Å². The predicted octanol–water partition coefficient (Wildman–Crippen LogP) is 2.41. The van der Waals surface area contributed by atoms with E-state index in [0.717, 1.165) is 6.54 Å². The highest BCUT2D eigenvalue weighted by Crippen LogP contribution is 2.13. The number of benzene rings is 1. The first kappa shape index (κ1) is 8.52. The SMILES string of the molecule is CC(=CCN1CC1)c1ccccc1.